The molecule has 0 rings (SSSR count). The van der Waals surface area contributed by atoms with Gasteiger partial charge in [0.15, 0.2) is 0 Å². The van der Waals surface area contributed by atoms with Crippen LogP contribution in [-0.4, -0.2) is 43.7 Å². The Labute approximate surface area is 96.3 Å². The Morgan fingerprint density at radius 2 is 2.33 bits per heavy atom. The summed E-state index contributed by atoms with van der Waals surface area (Å²) in [7, 11) is 0. The molecule has 4 nitrogen and oxygen atoms in total. The molecule has 0 aliphatic rings. The van der Waals surface area contributed by atoms with Crippen LogP contribution in [0.1, 0.15) is 19.8 Å². The maximum Gasteiger partial charge on any atom is 0.236 e. The Hall–Kier alpha value is -0.260. The summed E-state index contributed by atoms with van der Waals surface area (Å²) in [6.45, 7) is 4.01. The largest absolute Gasteiger partial charge is 0.382 e. The minimum Gasteiger partial charge on any atom is -0.382 e. The predicted molar refractivity (Wildman–Crippen MR) is 65.1 cm³/mol. The second-order valence-electron chi connectivity index (χ2n) is 3.23. The van der Waals surface area contributed by atoms with Crippen LogP contribution in [-0.2, 0) is 9.53 Å². The van der Waals surface area contributed by atoms with Crippen molar-refractivity contribution in [2.45, 2.75) is 25.8 Å². The summed E-state index contributed by atoms with van der Waals surface area (Å²) in [6, 6.07) is -0.371. The first-order valence-corrected chi connectivity index (χ1v) is 6.71. The second-order valence-corrected chi connectivity index (χ2v) is 4.22. The van der Waals surface area contributed by atoms with Gasteiger partial charge in [-0.25, -0.2) is 0 Å². The number of amides is 1. The highest BCUT2D eigenvalue weighted by Crippen LogP contribution is 1.98. The van der Waals surface area contributed by atoms with Crippen molar-refractivity contribution >= 4 is 17.7 Å². The maximum atomic E-state index is 11.4. The quantitative estimate of drug-likeness (QED) is 0.574. The summed E-state index contributed by atoms with van der Waals surface area (Å²) in [6.07, 6.45) is 3.58. The van der Waals surface area contributed by atoms with E-state index in [9.17, 15) is 4.79 Å². The van der Waals surface area contributed by atoms with Gasteiger partial charge in [-0.15, -0.1) is 0 Å². The van der Waals surface area contributed by atoms with Crippen molar-refractivity contribution in [2.75, 3.05) is 31.8 Å². The average Bonchev–Trinajstić information content (AvgIpc) is 2.25. The Kier molecular flexibility index (Phi) is 10.1. The van der Waals surface area contributed by atoms with Crippen molar-refractivity contribution in [3.63, 3.8) is 0 Å². The van der Waals surface area contributed by atoms with Crippen molar-refractivity contribution in [2.24, 2.45) is 5.73 Å². The van der Waals surface area contributed by atoms with Crippen LogP contribution >= 0.6 is 11.8 Å². The highest BCUT2D eigenvalue weighted by atomic mass is 32.2. The van der Waals surface area contributed by atoms with Crippen LogP contribution in [0.5, 0.6) is 0 Å². The Bertz CT molecular complexity index is 168. The van der Waals surface area contributed by atoms with Gasteiger partial charge in [0.05, 0.1) is 6.04 Å². The molecule has 0 unspecified atom stereocenters. The Morgan fingerprint density at radius 3 is 2.93 bits per heavy atom. The number of nitrogens with two attached hydrogens (primary N) is 1. The van der Waals surface area contributed by atoms with Gasteiger partial charge >= 0.3 is 0 Å². The summed E-state index contributed by atoms with van der Waals surface area (Å²) < 4.78 is 5.15. The van der Waals surface area contributed by atoms with Crippen LogP contribution in [0.25, 0.3) is 0 Å². The van der Waals surface area contributed by atoms with E-state index in [0.29, 0.717) is 13.2 Å². The van der Waals surface area contributed by atoms with Gasteiger partial charge in [0, 0.05) is 19.8 Å². The minimum absolute atomic E-state index is 0.0550. The van der Waals surface area contributed by atoms with Crippen molar-refractivity contribution in [1.29, 1.82) is 0 Å². The Morgan fingerprint density at radius 1 is 1.60 bits per heavy atom. The molecular weight excluding hydrogens is 212 g/mol. The maximum absolute atomic E-state index is 11.4. The van der Waals surface area contributed by atoms with E-state index in [1.165, 1.54) is 0 Å². The highest BCUT2D eigenvalue weighted by Gasteiger charge is 2.11. The van der Waals surface area contributed by atoms with Gasteiger partial charge in [0.2, 0.25) is 5.91 Å². The first-order chi connectivity index (χ1) is 7.22. The summed E-state index contributed by atoms with van der Waals surface area (Å²) in [5.41, 5.74) is 5.69. The zero-order valence-corrected chi connectivity index (χ0v) is 10.4. The fourth-order valence-electron chi connectivity index (χ4n) is 1.04. The number of rotatable bonds is 9. The number of hydrogen-bond donors (Lipinski definition) is 2. The number of nitrogens with one attached hydrogen (secondary N) is 1. The molecule has 3 N–H and O–H groups in total. The lowest BCUT2D eigenvalue weighted by atomic mass is 10.2. The molecule has 0 aliphatic carbocycles. The van der Waals surface area contributed by atoms with Crippen LogP contribution in [0.2, 0.25) is 0 Å². The molecule has 1 atom stereocenters. The van der Waals surface area contributed by atoms with Gasteiger partial charge in [0.25, 0.3) is 0 Å². The number of ether oxygens (including phenoxy) is 1. The van der Waals surface area contributed by atoms with E-state index in [0.717, 1.165) is 25.2 Å². The van der Waals surface area contributed by atoms with Crippen molar-refractivity contribution < 1.29 is 9.53 Å². The molecule has 1 amide bonds. The smallest absolute Gasteiger partial charge is 0.236 e. The zero-order valence-electron chi connectivity index (χ0n) is 9.62. The van der Waals surface area contributed by atoms with E-state index in [2.05, 4.69) is 5.32 Å². The zero-order chi connectivity index (χ0) is 11.5. The molecule has 5 heteroatoms. The molecule has 0 aromatic heterocycles. The minimum atomic E-state index is -0.371. The normalized spacial score (nSPS) is 12.5. The highest BCUT2D eigenvalue weighted by molar-refractivity contribution is 7.98. The first kappa shape index (κ1) is 14.7. The molecule has 0 aromatic rings. The second kappa shape index (κ2) is 10.3. The molecule has 0 aromatic carbocycles. The fraction of sp³-hybridized carbons (Fsp3) is 0.900. The van der Waals surface area contributed by atoms with E-state index in [4.69, 9.17) is 10.5 Å². The van der Waals surface area contributed by atoms with Crippen LogP contribution in [0.15, 0.2) is 0 Å². The molecule has 0 saturated heterocycles. The average molecular weight is 234 g/mol. The third kappa shape index (κ3) is 8.72. The molecular formula is C10H22N2O2S. The summed E-state index contributed by atoms with van der Waals surface area (Å²) >= 11 is 1.70. The molecule has 0 saturated carbocycles. The summed E-state index contributed by atoms with van der Waals surface area (Å²) in [5, 5.41) is 2.80. The van der Waals surface area contributed by atoms with E-state index < -0.39 is 0 Å². The standard InChI is InChI=1S/C10H22N2O2S/c1-3-14-7-4-6-12-10(13)9(11)5-8-15-2/h9H,3-8,11H2,1-2H3,(H,12,13)/t9-/m0/s1. The third-order valence-electron chi connectivity index (χ3n) is 1.94. The van der Waals surface area contributed by atoms with Gasteiger partial charge in [-0.05, 0) is 31.8 Å². The molecule has 0 aliphatic heterocycles. The summed E-state index contributed by atoms with van der Waals surface area (Å²) in [5.74, 6) is 0.869. The Balaban J connectivity index is 3.38. The fourth-order valence-corrected chi connectivity index (χ4v) is 1.53. The van der Waals surface area contributed by atoms with Crippen molar-refractivity contribution in [3.8, 4) is 0 Å². The third-order valence-corrected chi connectivity index (χ3v) is 2.58. The van der Waals surface area contributed by atoms with E-state index in [1.54, 1.807) is 11.8 Å². The van der Waals surface area contributed by atoms with Crippen molar-refractivity contribution in [1.82, 2.24) is 5.32 Å². The van der Waals surface area contributed by atoms with Crippen LogP contribution < -0.4 is 11.1 Å². The predicted octanol–water partition coefficient (Wildman–Crippen LogP) is 0.610. The molecule has 0 fully saturated rings. The van der Waals surface area contributed by atoms with E-state index in [-0.39, 0.29) is 11.9 Å². The monoisotopic (exact) mass is 234 g/mol. The molecule has 0 radical (unpaired) electrons. The van der Waals surface area contributed by atoms with Gasteiger partial charge < -0.3 is 15.8 Å². The van der Waals surface area contributed by atoms with Crippen molar-refractivity contribution in [3.05, 3.63) is 0 Å². The van der Waals surface area contributed by atoms with Crippen LogP contribution in [0.4, 0.5) is 0 Å². The lowest BCUT2D eigenvalue weighted by Gasteiger charge is -2.11. The molecule has 15 heavy (non-hydrogen) atoms. The number of thioether (sulfide) groups is 1. The van der Waals surface area contributed by atoms with E-state index in [1.807, 2.05) is 13.2 Å². The molecule has 0 heterocycles. The number of carbonyl (C=O) groups is 1. The van der Waals surface area contributed by atoms with Gasteiger partial charge in [0.1, 0.15) is 0 Å². The van der Waals surface area contributed by atoms with Gasteiger partial charge in [-0.3, -0.25) is 4.79 Å². The topological polar surface area (TPSA) is 64.3 Å². The first-order valence-electron chi connectivity index (χ1n) is 5.32. The van der Waals surface area contributed by atoms with Crippen LogP contribution in [0.3, 0.4) is 0 Å². The SMILES string of the molecule is CCOCCCNC(=O)[C@@H](N)CCSC. The van der Waals surface area contributed by atoms with Gasteiger partial charge in [-0.1, -0.05) is 0 Å². The number of hydrogen-bond acceptors (Lipinski definition) is 4. The molecule has 90 valence electrons. The lowest BCUT2D eigenvalue weighted by molar-refractivity contribution is -0.122. The van der Waals surface area contributed by atoms with Crippen LogP contribution in [0, 0.1) is 0 Å². The number of carbonyl (C=O) groups excluding carboxylic acids is 1. The molecule has 0 spiro atoms. The van der Waals surface area contributed by atoms with E-state index >= 15 is 0 Å². The summed E-state index contributed by atoms with van der Waals surface area (Å²) in [4.78, 5) is 11.4. The lowest BCUT2D eigenvalue weighted by Crippen LogP contribution is -2.41. The molecule has 0 bridgehead atoms. The van der Waals surface area contributed by atoms with Gasteiger partial charge in [-0.2, -0.15) is 11.8 Å².